The van der Waals surface area contributed by atoms with Gasteiger partial charge in [-0.15, -0.1) is 0 Å². The molecule has 0 amide bonds. The Morgan fingerprint density at radius 1 is 0.818 bits per heavy atom. The third-order valence-corrected chi connectivity index (χ3v) is 3.79. The van der Waals surface area contributed by atoms with Gasteiger partial charge in [0.15, 0.2) is 0 Å². The van der Waals surface area contributed by atoms with Gasteiger partial charge >= 0.3 is 7.82 Å². The van der Waals surface area contributed by atoms with Crippen LogP contribution >= 0.6 is 7.82 Å². The number of hydrogen-bond acceptors (Lipinski definition) is 2. The van der Waals surface area contributed by atoms with Crippen molar-refractivity contribution in [2.24, 2.45) is 11.8 Å². The number of ether oxygens (including phenoxy) is 1. The minimum atomic E-state index is -4.64. The molecule has 0 aromatic rings. The van der Waals surface area contributed by atoms with Crippen LogP contribution in [0.5, 0.6) is 0 Å². The highest BCUT2D eigenvalue weighted by molar-refractivity contribution is 7.45. The van der Waals surface area contributed by atoms with Crippen LogP contribution in [0.4, 0.5) is 0 Å². The van der Waals surface area contributed by atoms with Crippen LogP contribution in [0.25, 0.3) is 0 Å². The van der Waals surface area contributed by atoms with Crippen molar-refractivity contribution in [2.45, 2.75) is 79.1 Å². The van der Waals surface area contributed by atoms with Gasteiger partial charge in [-0.1, -0.05) is 66.2 Å². The number of phosphoric acid groups is 1. The van der Waals surface area contributed by atoms with Crippen molar-refractivity contribution in [2.75, 3.05) is 13.2 Å². The molecule has 0 aromatic carbocycles. The Morgan fingerprint density at radius 2 is 1.14 bits per heavy atom. The second kappa shape index (κ2) is 15.9. The summed E-state index contributed by atoms with van der Waals surface area (Å²) in [6, 6.07) is 0. The molecule has 0 radical (unpaired) electrons. The molecule has 0 aliphatic carbocycles. The number of rotatable bonds is 12. The molecule has 22 heavy (non-hydrogen) atoms. The maximum Gasteiger partial charge on any atom is 0.466 e. The highest BCUT2D eigenvalue weighted by Crippen LogP contribution is 2.25. The topological polar surface area (TPSA) is 87.0 Å². The van der Waals surface area contributed by atoms with Gasteiger partial charge in [0.2, 0.25) is 0 Å². The first-order valence-corrected chi connectivity index (χ1v) is 10.2. The Hall–Kier alpha value is 0.0700. The highest BCUT2D eigenvalue weighted by Gasteiger charge is 2.09. The van der Waals surface area contributed by atoms with Crippen molar-refractivity contribution in [3.8, 4) is 0 Å². The molecule has 0 aromatic heterocycles. The maximum absolute atomic E-state index is 8.88. The molecule has 2 atom stereocenters. The van der Waals surface area contributed by atoms with E-state index >= 15 is 0 Å². The molecule has 0 saturated carbocycles. The van der Waals surface area contributed by atoms with Gasteiger partial charge in [-0.25, -0.2) is 4.57 Å². The van der Waals surface area contributed by atoms with E-state index in [4.69, 9.17) is 24.0 Å². The van der Waals surface area contributed by atoms with Crippen LogP contribution in [0.3, 0.4) is 0 Å². The predicted molar refractivity (Wildman–Crippen MR) is 91.7 cm³/mol. The summed E-state index contributed by atoms with van der Waals surface area (Å²) in [5.41, 5.74) is 0. The summed E-state index contributed by atoms with van der Waals surface area (Å²) in [5, 5.41) is 0. The molecule has 0 aliphatic heterocycles. The standard InChI is InChI=1S/C16H34O.H3O4P/c1-5-9-11-15(7-3)13-17-14-16(8-4)12-10-6-2;1-5(2,3)4/h15-16H,5-14H2,1-4H3;(H3,1,2,3,4). The van der Waals surface area contributed by atoms with Gasteiger partial charge in [-0.05, 0) is 24.7 Å². The monoisotopic (exact) mass is 340 g/mol. The molecule has 0 saturated heterocycles. The summed E-state index contributed by atoms with van der Waals surface area (Å²) in [4.78, 5) is 21.6. The van der Waals surface area contributed by atoms with E-state index in [0.717, 1.165) is 25.0 Å². The molecular weight excluding hydrogens is 303 g/mol. The van der Waals surface area contributed by atoms with E-state index in [2.05, 4.69) is 27.7 Å². The average Bonchev–Trinajstić information content (AvgIpc) is 2.44. The van der Waals surface area contributed by atoms with E-state index in [9.17, 15) is 0 Å². The Balaban J connectivity index is 0. The molecule has 0 spiro atoms. The fourth-order valence-corrected chi connectivity index (χ4v) is 2.20. The van der Waals surface area contributed by atoms with Crippen molar-refractivity contribution in [1.29, 1.82) is 0 Å². The first-order valence-electron chi connectivity index (χ1n) is 8.64. The third-order valence-electron chi connectivity index (χ3n) is 3.79. The molecule has 0 fully saturated rings. The highest BCUT2D eigenvalue weighted by atomic mass is 31.2. The van der Waals surface area contributed by atoms with Crippen LogP contribution in [0.1, 0.15) is 79.1 Å². The summed E-state index contributed by atoms with van der Waals surface area (Å²) in [6.07, 6.45) is 10.6. The summed E-state index contributed by atoms with van der Waals surface area (Å²) in [5.74, 6) is 1.58. The summed E-state index contributed by atoms with van der Waals surface area (Å²) >= 11 is 0. The van der Waals surface area contributed by atoms with Crippen LogP contribution in [0.15, 0.2) is 0 Å². The van der Waals surface area contributed by atoms with E-state index in [1.165, 1.54) is 51.4 Å². The second-order valence-electron chi connectivity index (χ2n) is 5.88. The average molecular weight is 340 g/mol. The van der Waals surface area contributed by atoms with Gasteiger partial charge in [0, 0.05) is 13.2 Å². The summed E-state index contributed by atoms with van der Waals surface area (Å²) in [7, 11) is -4.64. The lowest BCUT2D eigenvalue weighted by molar-refractivity contribution is 0.0630. The zero-order chi connectivity index (χ0) is 17.4. The zero-order valence-corrected chi connectivity index (χ0v) is 15.7. The maximum atomic E-state index is 8.88. The fourth-order valence-electron chi connectivity index (χ4n) is 2.20. The molecular formula is C16H37O5P. The van der Waals surface area contributed by atoms with E-state index in [1.54, 1.807) is 0 Å². The Kier molecular flexibility index (Phi) is 17.6. The van der Waals surface area contributed by atoms with Gasteiger partial charge in [0.25, 0.3) is 0 Å². The zero-order valence-electron chi connectivity index (χ0n) is 14.8. The van der Waals surface area contributed by atoms with E-state index < -0.39 is 7.82 Å². The minimum absolute atomic E-state index is 0.790. The van der Waals surface area contributed by atoms with Crippen LogP contribution in [-0.2, 0) is 9.30 Å². The van der Waals surface area contributed by atoms with E-state index in [1.807, 2.05) is 0 Å². The summed E-state index contributed by atoms with van der Waals surface area (Å²) < 4.78 is 14.8. The molecule has 5 nitrogen and oxygen atoms in total. The summed E-state index contributed by atoms with van der Waals surface area (Å²) in [6.45, 7) is 11.1. The first-order chi connectivity index (χ1) is 10.3. The largest absolute Gasteiger partial charge is 0.466 e. The Bertz CT molecular complexity index is 243. The Labute approximate surface area is 136 Å². The SMILES string of the molecule is CCCCC(CC)COCC(CC)CCCC.O=P(O)(O)O. The smallest absolute Gasteiger partial charge is 0.381 e. The normalized spacial score (nSPS) is 14.1. The van der Waals surface area contributed by atoms with Gasteiger partial charge in [-0.2, -0.15) is 0 Å². The lowest BCUT2D eigenvalue weighted by Gasteiger charge is -2.18. The predicted octanol–water partition coefficient (Wildman–Crippen LogP) is 4.51. The Morgan fingerprint density at radius 3 is 1.36 bits per heavy atom. The number of hydrogen-bond donors (Lipinski definition) is 3. The van der Waals surface area contributed by atoms with Crippen molar-refractivity contribution in [3.63, 3.8) is 0 Å². The molecule has 0 rings (SSSR count). The molecule has 0 aliphatic rings. The number of unbranched alkanes of at least 4 members (excludes halogenated alkanes) is 2. The molecule has 136 valence electrons. The molecule has 0 heterocycles. The van der Waals surface area contributed by atoms with Crippen LogP contribution in [-0.4, -0.2) is 27.9 Å². The van der Waals surface area contributed by atoms with E-state index in [0.29, 0.717) is 0 Å². The van der Waals surface area contributed by atoms with Crippen molar-refractivity contribution in [1.82, 2.24) is 0 Å². The second-order valence-corrected chi connectivity index (χ2v) is 6.91. The van der Waals surface area contributed by atoms with Crippen LogP contribution in [0, 0.1) is 11.8 Å². The van der Waals surface area contributed by atoms with Gasteiger partial charge in [-0.3, -0.25) is 0 Å². The van der Waals surface area contributed by atoms with Crippen molar-refractivity contribution >= 4 is 7.82 Å². The molecule has 2 unspecified atom stereocenters. The van der Waals surface area contributed by atoms with Gasteiger partial charge < -0.3 is 19.4 Å². The van der Waals surface area contributed by atoms with Crippen molar-refractivity contribution < 1.29 is 24.0 Å². The van der Waals surface area contributed by atoms with Gasteiger partial charge in [0.1, 0.15) is 0 Å². The lowest BCUT2D eigenvalue weighted by atomic mass is 9.99. The minimum Gasteiger partial charge on any atom is -0.381 e. The molecule has 3 N–H and O–H groups in total. The van der Waals surface area contributed by atoms with Crippen LogP contribution < -0.4 is 0 Å². The fraction of sp³-hybridized carbons (Fsp3) is 1.00. The van der Waals surface area contributed by atoms with E-state index in [-0.39, 0.29) is 0 Å². The molecule has 0 bridgehead atoms. The van der Waals surface area contributed by atoms with Gasteiger partial charge in [0.05, 0.1) is 0 Å². The van der Waals surface area contributed by atoms with Crippen molar-refractivity contribution in [3.05, 3.63) is 0 Å². The lowest BCUT2D eigenvalue weighted by Crippen LogP contribution is -2.14. The third kappa shape index (κ3) is 22.4. The quantitative estimate of drug-likeness (QED) is 0.455. The molecule has 6 heteroatoms. The van der Waals surface area contributed by atoms with Crippen LogP contribution in [0.2, 0.25) is 0 Å². The first kappa shape index (κ1) is 24.3.